The summed E-state index contributed by atoms with van der Waals surface area (Å²) in [6.07, 6.45) is 2.49. The average Bonchev–Trinajstić information content (AvgIpc) is 2.74. The van der Waals surface area contributed by atoms with Crippen molar-refractivity contribution in [3.63, 3.8) is 0 Å². The van der Waals surface area contributed by atoms with Crippen LogP contribution in [0.15, 0.2) is 24.3 Å². The standard InChI is InChI=1S/C26H43BN2O4/c1-19(8-13-24(31)29-26(6,7)18-33-20(2)14-15-27)32-17-25(4,5)28-16-22-9-11-23(12-10-22)21(3)30/h9-12,19-20,28H,8,13-18H2,1-7H3,(H,29,31). The number of benzene rings is 1. The number of nitrogens with one attached hydrogen (secondary N) is 2. The van der Waals surface area contributed by atoms with Crippen molar-refractivity contribution in [3.8, 4) is 0 Å². The van der Waals surface area contributed by atoms with Crippen molar-refractivity contribution in [3.05, 3.63) is 35.4 Å². The molecule has 184 valence electrons. The Morgan fingerprint density at radius 1 is 0.939 bits per heavy atom. The molecule has 1 aromatic carbocycles. The molecule has 0 saturated carbocycles. The molecule has 1 amide bonds. The summed E-state index contributed by atoms with van der Waals surface area (Å²) in [6.45, 7) is 15.3. The van der Waals surface area contributed by atoms with Crippen molar-refractivity contribution in [2.45, 2.75) is 104 Å². The first-order valence-electron chi connectivity index (χ1n) is 11.9. The van der Waals surface area contributed by atoms with Crippen LogP contribution >= 0.6 is 0 Å². The molecule has 1 aromatic rings. The predicted molar refractivity (Wildman–Crippen MR) is 135 cm³/mol. The molecular formula is C26H43BN2O4. The van der Waals surface area contributed by atoms with Gasteiger partial charge in [0, 0.05) is 24.1 Å². The van der Waals surface area contributed by atoms with Gasteiger partial charge in [-0.15, -0.1) is 0 Å². The third kappa shape index (κ3) is 12.9. The predicted octanol–water partition coefficient (Wildman–Crippen LogP) is 4.22. The molecule has 0 saturated heterocycles. The highest BCUT2D eigenvalue weighted by Gasteiger charge is 2.23. The van der Waals surface area contributed by atoms with Crippen LogP contribution in [0.1, 0.15) is 83.7 Å². The molecule has 0 spiro atoms. The summed E-state index contributed by atoms with van der Waals surface area (Å²) in [6, 6.07) is 7.63. The molecule has 7 heteroatoms. The molecule has 2 radical (unpaired) electrons. The topological polar surface area (TPSA) is 76.7 Å². The van der Waals surface area contributed by atoms with Crippen LogP contribution in [-0.4, -0.2) is 56.0 Å². The number of hydrogen-bond donors (Lipinski definition) is 2. The number of ether oxygens (including phenoxy) is 2. The van der Waals surface area contributed by atoms with Crippen molar-refractivity contribution < 1.29 is 19.1 Å². The maximum Gasteiger partial charge on any atom is 0.220 e. The minimum Gasteiger partial charge on any atom is -0.377 e. The maximum absolute atomic E-state index is 12.4. The summed E-state index contributed by atoms with van der Waals surface area (Å²) in [4.78, 5) is 23.8. The van der Waals surface area contributed by atoms with E-state index in [-0.39, 0.29) is 29.4 Å². The van der Waals surface area contributed by atoms with Gasteiger partial charge in [0.2, 0.25) is 5.91 Å². The third-order valence-electron chi connectivity index (χ3n) is 5.42. The highest BCUT2D eigenvalue weighted by Crippen LogP contribution is 2.13. The number of rotatable bonds is 16. The number of ketones is 1. The third-order valence-corrected chi connectivity index (χ3v) is 5.42. The number of carbonyl (C=O) groups excluding carboxylic acids is 2. The first-order valence-corrected chi connectivity index (χ1v) is 11.9. The largest absolute Gasteiger partial charge is 0.377 e. The molecule has 0 aliphatic rings. The van der Waals surface area contributed by atoms with Gasteiger partial charge in [0.25, 0.3) is 0 Å². The molecule has 2 atom stereocenters. The van der Waals surface area contributed by atoms with E-state index in [2.05, 4.69) is 24.5 Å². The zero-order chi connectivity index (χ0) is 25.1. The first-order chi connectivity index (χ1) is 15.3. The van der Waals surface area contributed by atoms with Gasteiger partial charge in [-0.05, 0) is 66.9 Å². The Morgan fingerprint density at radius 3 is 2.03 bits per heavy atom. The lowest BCUT2D eigenvalue weighted by molar-refractivity contribution is -0.124. The Morgan fingerprint density at radius 2 is 1.48 bits per heavy atom. The van der Waals surface area contributed by atoms with Crippen molar-refractivity contribution in [1.82, 2.24) is 10.6 Å². The van der Waals surface area contributed by atoms with Gasteiger partial charge in [-0.25, -0.2) is 0 Å². The molecule has 0 aliphatic heterocycles. The molecule has 0 heterocycles. The van der Waals surface area contributed by atoms with Gasteiger partial charge in [0.15, 0.2) is 5.78 Å². The molecule has 0 aromatic heterocycles. The van der Waals surface area contributed by atoms with Gasteiger partial charge in [0.05, 0.1) is 38.8 Å². The van der Waals surface area contributed by atoms with Crippen LogP contribution in [0.3, 0.4) is 0 Å². The van der Waals surface area contributed by atoms with Crippen molar-refractivity contribution in [1.29, 1.82) is 0 Å². The summed E-state index contributed by atoms with van der Waals surface area (Å²) in [5, 5.41) is 6.54. The lowest BCUT2D eigenvalue weighted by atomic mass is 9.99. The SMILES string of the molecule is [B]CCC(C)OCC(C)(C)NC(=O)CCC(C)OCC(C)(C)NCc1ccc(C(C)=O)cc1. The fourth-order valence-electron chi connectivity index (χ4n) is 3.16. The fraction of sp³-hybridized carbons (Fsp3) is 0.692. The molecule has 0 bridgehead atoms. The normalized spacial score (nSPS) is 14.0. The molecule has 2 N–H and O–H groups in total. The van der Waals surface area contributed by atoms with Crippen LogP contribution in [0.2, 0.25) is 6.32 Å². The Kier molecular flexibility index (Phi) is 12.3. The summed E-state index contributed by atoms with van der Waals surface area (Å²) in [5.41, 5.74) is 1.17. The highest BCUT2D eigenvalue weighted by molar-refractivity contribution is 6.08. The Balaban J connectivity index is 2.33. The van der Waals surface area contributed by atoms with Gasteiger partial charge in [-0.3, -0.25) is 9.59 Å². The summed E-state index contributed by atoms with van der Waals surface area (Å²) in [5.74, 6) is 0.0665. The van der Waals surface area contributed by atoms with E-state index in [1.165, 1.54) is 0 Å². The fourth-order valence-corrected chi connectivity index (χ4v) is 3.16. The maximum atomic E-state index is 12.4. The molecule has 2 unspecified atom stereocenters. The van der Waals surface area contributed by atoms with E-state index >= 15 is 0 Å². The van der Waals surface area contributed by atoms with E-state index in [0.29, 0.717) is 38.9 Å². The quantitative estimate of drug-likeness (QED) is 0.287. The minimum absolute atomic E-state index is 0.00285. The van der Waals surface area contributed by atoms with Gasteiger partial charge in [0.1, 0.15) is 0 Å². The molecule has 0 fully saturated rings. The molecule has 0 aliphatic carbocycles. The van der Waals surface area contributed by atoms with Gasteiger partial charge >= 0.3 is 0 Å². The lowest BCUT2D eigenvalue weighted by Crippen LogP contribution is -2.47. The molecular weight excluding hydrogens is 415 g/mol. The monoisotopic (exact) mass is 458 g/mol. The van der Waals surface area contributed by atoms with Crippen LogP contribution in [0, 0.1) is 0 Å². The van der Waals surface area contributed by atoms with Crippen molar-refractivity contribution in [2.75, 3.05) is 13.2 Å². The van der Waals surface area contributed by atoms with E-state index in [1.807, 2.05) is 52.0 Å². The number of carbonyl (C=O) groups is 2. The number of amides is 1. The lowest BCUT2D eigenvalue weighted by Gasteiger charge is -2.29. The molecule has 33 heavy (non-hydrogen) atoms. The molecule has 1 rings (SSSR count). The first kappa shape index (κ1) is 29.3. The minimum atomic E-state index is -0.432. The van der Waals surface area contributed by atoms with Crippen molar-refractivity contribution in [2.24, 2.45) is 0 Å². The second-order valence-corrected chi connectivity index (χ2v) is 10.3. The second kappa shape index (κ2) is 13.9. The zero-order valence-corrected chi connectivity index (χ0v) is 21.6. The number of Topliss-reactive ketones (excluding diaryl/α,β-unsaturated/α-hetero) is 1. The average molecular weight is 458 g/mol. The Labute approximate surface area is 202 Å². The Hall–Kier alpha value is -1.70. The van der Waals surface area contributed by atoms with Crippen LogP contribution in [0.25, 0.3) is 0 Å². The van der Waals surface area contributed by atoms with E-state index < -0.39 is 5.54 Å². The highest BCUT2D eigenvalue weighted by atomic mass is 16.5. The smallest absolute Gasteiger partial charge is 0.220 e. The van der Waals surface area contributed by atoms with E-state index in [1.54, 1.807) is 6.92 Å². The summed E-state index contributed by atoms with van der Waals surface area (Å²) < 4.78 is 11.8. The van der Waals surface area contributed by atoms with Gasteiger partial charge < -0.3 is 20.1 Å². The van der Waals surface area contributed by atoms with E-state index in [0.717, 1.165) is 17.5 Å². The van der Waals surface area contributed by atoms with E-state index in [4.69, 9.17) is 17.3 Å². The van der Waals surface area contributed by atoms with Gasteiger partial charge in [-0.1, -0.05) is 30.6 Å². The van der Waals surface area contributed by atoms with Crippen LogP contribution in [0.5, 0.6) is 0 Å². The van der Waals surface area contributed by atoms with Crippen LogP contribution in [0.4, 0.5) is 0 Å². The van der Waals surface area contributed by atoms with Gasteiger partial charge in [-0.2, -0.15) is 0 Å². The molecule has 6 nitrogen and oxygen atoms in total. The zero-order valence-electron chi connectivity index (χ0n) is 21.6. The van der Waals surface area contributed by atoms with Crippen LogP contribution in [-0.2, 0) is 20.8 Å². The number of hydrogen-bond acceptors (Lipinski definition) is 5. The Bertz CT molecular complexity index is 734. The summed E-state index contributed by atoms with van der Waals surface area (Å²) >= 11 is 0. The van der Waals surface area contributed by atoms with Crippen molar-refractivity contribution >= 4 is 19.5 Å². The second-order valence-electron chi connectivity index (χ2n) is 10.3. The van der Waals surface area contributed by atoms with E-state index in [9.17, 15) is 9.59 Å². The van der Waals surface area contributed by atoms with Crippen LogP contribution < -0.4 is 10.6 Å². The summed E-state index contributed by atoms with van der Waals surface area (Å²) in [7, 11) is 5.55.